The summed E-state index contributed by atoms with van der Waals surface area (Å²) in [5.74, 6) is 6.91. The number of benzene rings is 3. The van der Waals surface area contributed by atoms with Gasteiger partial charge in [-0.05, 0) is 161 Å². The summed E-state index contributed by atoms with van der Waals surface area (Å²) in [6.07, 6.45) is 11.2. The molecule has 2 unspecified atom stereocenters. The van der Waals surface area contributed by atoms with Crippen molar-refractivity contribution in [3.63, 3.8) is 0 Å². The molecule has 4 aliphatic heterocycles. The summed E-state index contributed by atoms with van der Waals surface area (Å²) in [6.45, 7) is 32.8. The van der Waals surface area contributed by atoms with E-state index in [1.165, 1.54) is 82.3 Å². The highest BCUT2D eigenvalue weighted by Crippen LogP contribution is 2.35. The van der Waals surface area contributed by atoms with E-state index in [9.17, 15) is 9.59 Å². The standard InChI is InChI=1S/C17H25NO.C16H22N2.C16H25N.C10H17NO/c1-17(2,3)15-9-11-18(12-10-15)13-16(19)14-7-5-4-6-8-14;1-13(2)16-6-8-18(9-7-16)12-15-5-3-4-14(10-15)11-17;1-13(2)16-9-10-17(11-14(16)3)12-15-7-5-4-6-8-15;1-8-3-2-6-11(7-8)10(12)9-4-5-9/h4-8,15H,9-13H2,1-3H3;3-5,10,13,16H,6-9,12H2,1-2H3;4-8,13-14,16H,9-12H2,1-3H3;8-9H,2-7H2,1H3/t;;;8-/m...1/s1. The van der Waals surface area contributed by atoms with Crippen LogP contribution in [0.1, 0.15) is 147 Å². The average molecular weight is 900 g/mol. The molecule has 0 radical (unpaired) electrons. The van der Waals surface area contributed by atoms with Crippen LogP contribution in [0.5, 0.6) is 0 Å². The smallest absolute Gasteiger partial charge is 0.225 e. The number of rotatable bonds is 10. The number of amides is 1. The van der Waals surface area contributed by atoms with Crippen LogP contribution in [0, 0.1) is 64.1 Å². The van der Waals surface area contributed by atoms with Crippen LogP contribution in [0.4, 0.5) is 0 Å². The molecule has 3 aromatic rings. The van der Waals surface area contributed by atoms with Crippen molar-refractivity contribution in [3.05, 3.63) is 107 Å². The van der Waals surface area contributed by atoms with Crippen LogP contribution in [0.25, 0.3) is 0 Å². The quantitative estimate of drug-likeness (QED) is 0.189. The molecule has 5 fully saturated rings. The molecule has 4 heterocycles. The maximum absolute atomic E-state index is 12.1. The van der Waals surface area contributed by atoms with Crippen molar-refractivity contribution in [2.24, 2.45) is 52.8 Å². The fraction of sp³-hybridized carbons (Fsp3) is 0.644. The number of nitriles is 1. The molecule has 66 heavy (non-hydrogen) atoms. The molecule has 3 aromatic carbocycles. The Kier molecular flexibility index (Phi) is 21.4. The zero-order valence-electron chi connectivity index (χ0n) is 42.9. The van der Waals surface area contributed by atoms with Crippen molar-refractivity contribution in [1.29, 1.82) is 5.26 Å². The Morgan fingerprint density at radius 3 is 1.80 bits per heavy atom. The SMILES string of the molecule is CC(C)(C)C1CCN(CC(=O)c2ccccc2)CC1.CC(C)C1CCN(Cc2cccc(C#N)c2)CC1.CC(C)C1CCN(Cc2ccccc2)CC1C.C[C@@H]1CCCN(C(=O)C2CC2)C1. The Bertz CT molecular complexity index is 1900. The van der Waals surface area contributed by atoms with E-state index in [0.717, 1.165) is 105 Å². The second-order valence-corrected chi connectivity index (χ2v) is 22.6. The average Bonchev–Trinajstić information content (AvgIpc) is 4.16. The highest BCUT2D eigenvalue weighted by atomic mass is 16.2. The van der Waals surface area contributed by atoms with E-state index in [1.807, 2.05) is 48.5 Å². The topological polar surface area (TPSA) is 70.9 Å². The highest BCUT2D eigenvalue weighted by molar-refractivity contribution is 5.97. The van der Waals surface area contributed by atoms with Gasteiger partial charge >= 0.3 is 0 Å². The third-order valence-electron chi connectivity index (χ3n) is 15.4. The first-order valence-electron chi connectivity index (χ1n) is 26.2. The molecule has 3 atom stereocenters. The molecule has 4 saturated heterocycles. The van der Waals surface area contributed by atoms with Crippen LogP contribution in [0.15, 0.2) is 84.9 Å². The van der Waals surface area contributed by atoms with Gasteiger partial charge in [-0.1, -0.05) is 135 Å². The molecule has 0 aromatic heterocycles. The molecule has 1 saturated carbocycles. The first-order chi connectivity index (χ1) is 31.6. The zero-order chi connectivity index (χ0) is 47.6. The van der Waals surface area contributed by atoms with Crippen molar-refractivity contribution in [1.82, 2.24) is 19.6 Å². The first-order valence-corrected chi connectivity index (χ1v) is 26.2. The fourth-order valence-electron chi connectivity index (χ4n) is 10.9. The number of piperidine rings is 4. The maximum Gasteiger partial charge on any atom is 0.225 e. The molecule has 7 nitrogen and oxygen atoms in total. The minimum absolute atomic E-state index is 0.245. The van der Waals surface area contributed by atoms with Gasteiger partial charge in [0.2, 0.25) is 5.91 Å². The molecule has 1 amide bonds. The first kappa shape index (κ1) is 53.1. The Morgan fingerprint density at radius 1 is 0.652 bits per heavy atom. The highest BCUT2D eigenvalue weighted by Gasteiger charge is 2.35. The lowest BCUT2D eigenvalue weighted by Crippen LogP contribution is -2.40. The second-order valence-electron chi connectivity index (χ2n) is 22.6. The van der Waals surface area contributed by atoms with Crippen molar-refractivity contribution in [3.8, 4) is 6.07 Å². The minimum atomic E-state index is 0.245. The van der Waals surface area contributed by atoms with E-state index in [4.69, 9.17) is 5.26 Å². The minimum Gasteiger partial charge on any atom is -0.342 e. The summed E-state index contributed by atoms with van der Waals surface area (Å²) in [5, 5.41) is 8.90. The molecular formula is C59H89N5O2. The molecule has 1 aliphatic carbocycles. The molecule has 0 N–H and O–H groups in total. The molecule has 0 bridgehead atoms. The van der Waals surface area contributed by atoms with Crippen LogP contribution >= 0.6 is 0 Å². The van der Waals surface area contributed by atoms with Crippen molar-refractivity contribution in [2.75, 3.05) is 58.9 Å². The zero-order valence-corrected chi connectivity index (χ0v) is 42.9. The Hall–Kier alpha value is -3.83. The van der Waals surface area contributed by atoms with E-state index >= 15 is 0 Å². The van der Waals surface area contributed by atoms with E-state index in [1.54, 1.807) is 0 Å². The van der Waals surface area contributed by atoms with Gasteiger partial charge < -0.3 is 4.90 Å². The summed E-state index contributed by atoms with van der Waals surface area (Å²) in [4.78, 5) is 33.3. The number of Topliss-reactive ketones (excluding diaryl/α,β-unsaturated/α-hetero) is 1. The van der Waals surface area contributed by atoms with Gasteiger partial charge in [0.15, 0.2) is 5.78 Å². The Balaban J connectivity index is 0.000000167. The molecule has 7 heteroatoms. The fourth-order valence-corrected chi connectivity index (χ4v) is 10.9. The number of nitrogens with zero attached hydrogens (tertiary/aromatic N) is 5. The van der Waals surface area contributed by atoms with E-state index in [-0.39, 0.29) is 5.78 Å². The third-order valence-corrected chi connectivity index (χ3v) is 15.4. The molecule has 5 aliphatic rings. The number of hydrogen-bond donors (Lipinski definition) is 0. The van der Waals surface area contributed by atoms with Crippen LogP contribution in [0.3, 0.4) is 0 Å². The number of carbonyl (C=O) groups is 2. The van der Waals surface area contributed by atoms with Gasteiger partial charge in [0, 0.05) is 44.2 Å². The summed E-state index contributed by atoms with van der Waals surface area (Å²) in [6, 6.07) is 30.7. The summed E-state index contributed by atoms with van der Waals surface area (Å²) in [7, 11) is 0. The lowest BCUT2D eigenvalue weighted by atomic mass is 9.75. The molecule has 0 spiro atoms. The third kappa shape index (κ3) is 18.0. The number of carbonyl (C=O) groups excluding carboxylic acids is 2. The van der Waals surface area contributed by atoms with Gasteiger partial charge in [-0.25, -0.2) is 0 Å². The van der Waals surface area contributed by atoms with Gasteiger partial charge in [-0.15, -0.1) is 0 Å². The summed E-state index contributed by atoms with van der Waals surface area (Å²) in [5.41, 5.74) is 4.71. The normalized spacial score (nSPS) is 22.5. The Morgan fingerprint density at radius 2 is 1.24 bits per heavy atom. The maximum atomic E-state index is 12.1. The largest absolute Gasteiger partial charge is 0.342 e. The summed E-state index contributed by atoms with van der Waals surface area (Å²) >= 11 is 0. The predicted molar refractivity (Wildman–Crippen MR) is 275 cm³/mol. The molecule has 362 valence electrons. The molecule has 8 rings (SSSR count). The lowest BCUT2D eigenvalue weighted by molar-refractivity contribution is -0.134. The Labute approximate surface area is 402 Å². The second kappa shape index (κ2) is 26.6. The number of likely N-dealkylation sites (tertiary alicyclic amines) is 4. The van der Waals surface area contributed by atoms with E-state index < -0.39 is 0 Å². The van der Waals surface area contributed by atoms with Crippen molar-refractivity contribution >= 4 is 11.7 Å². The van der Waals surface area contributed by atoms with E-state index in [2.05, 4.69) is 124 Å². The van der Waals surface area contributed by atoms with Crippen LogP contribution < -0.4 is 0 Å². The summed E-state index contributed by atoms with van der Waals surface area (Å²) < 4.78 is 0. The monoisotopic (exact) mass is 900 g/mol. The van der Waals surface area contributed by atoms with Gasteiger partial charge in [0.25, 0.3) is 0 Å². The predicted octanol–water partition coefficient (Wildman–Crippen LogP) is 12.5. The van der Waals surface area contributed by atoms with Crippen molar-refractivity contribution in [2.45, 2.75) is 133 Å². The van der Waals surface area contributed by atoms with E-state index in [0.29, 0.717) is 23.8 Å². The number of ketones is 1. The van der Waals surface area contributed by atoms with Gasteiger partial charge in [0.05, 0.1) is 18.2 Å². The molecular weight excluding hydrogens is 811 g/mol. The van der Waals surface area contributed by atoms with Crippen LogP contribution in [-0.4, -0.2) is 90.2 Å². The van der Waals surface area contributed by atoms with Crippen LogP contribution in [-0.2, 0) is 17.9 Å². The van der Waals surface area contributed by atoms with Gasteiger partial charge in [-0.2, -0.15) is 5.26 Å². The van der Waals surface area contributed by atoms with Crippen molar-refractivity contribution < 1.29 is 9.59 Å². The lowest BCUT2D eigenvalue weighted by Gasteiger charge is -2.39. The number of hydrogen-bond acceptors (Lipinski definition) is 6. The van der Waals surface area contributed by atoms with Crippen LogP contribution in [0.2, 0.25) is 0 Å². The van der Waals surface area contributed by atoms with Gasteiger partial charge in [0.1, 0.15) is 0 Å². The van der Waals surface area contributed by atoms with Gasteiger partial charge in [-0.3, -0.25) is 24.3 Å².